The second kappa shape index (κ2) is 10.4. The Hall–Kier alpha value is -1.31. The predicted molar refractivity (Wildman–Crippen MR) is 86.3 cm³/mol. The van der Waals surface area contributed by atoms with E-state index in [-0.39, 0.29) is 0 Å². The number of carboxylic acids is 1. The van der Waals surface area contributed by atoms with Crippen LogP contribution in [0, 0.1) is 5.92 Å². The van der Waals surface area contributed by atoms with Crippen LogP contribution < -0.4 is 5.11 Å². The molecule has 2 heteroatoms. The van der Waals surface area contributed by atoms with E-state index in [4.69, 9.17) is 0 Å². The maximum absolute atomic E-state index is 11.2. The Morgan fingerprint density at radius 2 is 1.67 bits per heavy atom. The van der Waals surface area contributed by atoms with Crippen molar-refractivity contribution in [3.05, 3.63) is 35.4 Å². The van der Waals surface area contributed by atoms with Crippen LogP contribution in [0.5, 0.6) is 0 Å². The van der Waals surface area contributed by atoms with Crippen LogP contribution in [0.15, 0.2) is 24.3 Å². The van der Waals surface area contributed by atoms with Crippen molar-refractivity contribution in [2.45, 2.75) is 71.6 Å². The minimum atomic E-state index is -1.05. The van der Waals surface area contributed by atoms with Gasteiger partial charge in [0.25, 0.3) is 0 Å². The van der Waals surface area contributed by atoms with Crippen molar-refractivity contribution < 1.29 is 9.90 Å². The van der Waals surface area contributed by atoms with Crippen LogP contribution in [0.25, 0.3) is 0 Å². The summed E-state index contributed by atoms with van der Waals surface area (Å²) in [4.78, 5) is 11.2. The molecule has 0 aliphatic heterocycles. The Bertz CT molecular complexity index is 412. The number of aromatic carboxylic acids is 1. The van der Waals surface area contributed by atoms with Gasteiger partial charge in [-0.3, -0.25) is 0 Å². The van der Waals surface area contributed by atoms with Crippen LogP contribution in [-0.4, -0.2) is 5.97 Å². The summed E-state index contributed by atoms with van der Waals surface area (Å²) in [6, 6.07) is 7.31. The number of carbonyl (C=O) groups is 1. The van der Waals surface area contributed by atoms with Gasteiger partial charge in [0, 0.05) is 5.56 Å². The summed E-state index contributed by atoms with van der Waals surface area (Å²) < 4.78 is 0. The topological polar surface area (TPSA) is 40.1 Å². The van der Waals surface area contributed by atoms with Gasteiger partial charge in [0.2, 0.25) is 0 Å². The third-order valence-corrected chi connectivity index (χ3v) is 4.18. The number of carbonyl (C=O) groups excluding carboxylic acids is 1. The van der Waals surface area contributed by atoms with Crippen molar-refractivity contribution in [3.8, 4) is 0 Å². The van der Waals surface area contributed by atoms with Crippen molar-refractivity contribution >= 4 is 5.97 Å². The molecule has 0 N–H and O–H groups in total. The van der Waals surface area contributed by atoms with Crippen LogP contribution >= 0.6 is 0 Å². The molecule has 0 fully saturated rings. The molecule has 0 bridgehead atoms. The third-order valence-electron chi connectivity index (χ3n) is 4.18. The molecule has 1 aromatic rings. The number of rotatable bonds is 11. The number of hydrogen-bond donors (Lipinski definition) is 0. The molecule has 0 saturated carbocycles. The van der Waals surface area contributed by atoms with Gasteiger partial charge in [-0.2, -0.15) is 0 Å². The van der Waals surface area contributed by atoms with Crippen LogP contribution in [0.2, 0.25) is 0 Å². The number of unbranched alkanes of at least 4 members (excludes halogenated alkanes) is 4. The van der Waals surface area contributed by atoms with Gasteiger partial charge in [0.15, 0.2) is 0 Å². The Morgan fingerprint density at radius 1 is 1.00 bits per heavy atom. The van der Waals surface area contributed by atoms with Gasteiger partial charge in [0.1, 0.15) is 0 Å². The van der Waals surface area contributed by atoms with Gasteiger partial charge in [0.05, 0.1) is 5.97 Å². The molecule has 0 heterocycles. The second-order valence-corrected chi connectivity index (χ2v) is 6.01. The lowest BCUT2D eigenvalue weighted by Crippen LogP contribution is -2.24. The molecule has 1 atom stereocenters. The molecule has 1 aromatic carbocycles. The molecular formula is C19H29O2-. The summed E-state index contributed by atoms with van der Waals surface area (Å²) in [5.41, 5.74) is 1.31. The maximum Gasteiger partial charge on any atom is 0.0718 e. The highest BCUT2D eigenvalue weighted by molar-refractivity contribution is 5.87. The first-order valence-electron chi connectivity index (χ1n) is 8.48. The molecule has 118 valence electrons. The van der Waals surface area contributed by atoms with Crippen molar-refractivity contribution in [1.29, 1.82) is 0 Å². The zero-order valence-corrected chi connectivity index (χ0v) is 13.6. The average molecular weight is 289 g/mol. The molecule has 1 rings (SSSR count). The summed E-state index contributed by atoms with van der Waals surface area (Å²) in [7, 11) is 0. The monoisotopic (exact) mass is 289 g/mol. The standard InChI is InChI=1S/C19H30O2/c1-3-5-7-8-12-16(11-6-4-2)15-17-13-9-10-14-18(17)19(20)21/h9-10,13-14,16H,3-8,11-12,15H2,1-2H3,(H,20,21)/p-1. The predicted octanol–water partition coefficient (Wildman–Crippen LogP) is 4.37. The summed E-state index contributed by atoms with van der Waals surface area (Å²) in [5, 5.41) is 11.2. The molecule has 0 spiro atoms. The first-order chi connectivity index (χ1) is 10.2. The lowest BCUT2D eigenvalue weighted by atomic mass is 9.88. The fraction of sp³-hybridized carbons (Fsp3) is 0.632. The molecule has 0 aromatic heterocycles. The average Bonchev–Trinajstić information content (AvgIpc) is 2.49. The molecular weight excluding hydrogens is 260 g/mol. The minimum Gasteiger partial charge on any atom is -0.545 e. The quantitative estimate of drug-likeness (QED) is 0.567. The van der Waals surface area contributed by atoms with E-state index in [0.29, 0.717) is 11.5 Å². The normalized spacial score (nSPS) is 12.3. The molecule has 0 aliphatic carbocycles. The van der Waals surface area contributed by atoms with Gasteiger partial charge in [-0.1, -0.05) is 89.5 Å². The maximum atomic E-state index is 11.2. The highest BCUT2D eigenvalue weighted by Gasteiger charge is 2.12. The highest BCUT2D eigenvalue weighted by Crippen LogP contribution is 2.23. The van der Waals surface area contributed by atoms with E-state index in [9.17, 15) is 9.90 Å². The van der Waals surface area contributed by atoms with E-state index in [0.717, 1.165) is 12.0 Å². The van der Waals surface area contributed by atoms with Crippen LogP contribution in [0.1, 0.15) is 81.1 Å². The smallest absolute Gasteiger partial charge is 0.0718 e. The lowest BCUT2D eigenvalue weighted by Gasteiger charge is -2.19. The van der Waals surface area contributed by atoms with E-state index >= 15 is 0 Å². The first-order valence-corrected chi connectivity index (χ1v) is 8.48. The SMILES string of the molecule is CCCCCCC(CCCC)Cc1ccccc1C(=O)[O-]. The van der Waals surface area contributed by atoms with E-state index in [1.165, 1.54) is 51.4 Å². The summed E-state index contributed by atoms with van der Waals surface area (Å²) in [6.07, 6.45) is 10.8. The molecule has 0 amide bonds. The van der Waals surface area contributed by atoms with E-state index < -0.39 is 5.97 Å². The molecule has 21 heavy (non-hydrogen) atoms. The number of hydrogen-bond acceptors (Lipinski definition) is 2. The zero-order valence-electron chi connectivity index (χ0n) is 13.6. The van der Waals surface area contributed by atoms with Crippen molar-refractivity contribution in [3.63, 3.8) is 0 Å². The third kappa shape index (κ3) is 6.79. The van der Waals surface area contributed by atoms with Gasteiger partial charge in [-0.05, 0) is 17.9 Å². The summed E-state index contributed by atoms with van der Waals surface area (Å²) in [5.74, 6) is -0.451. The fourth-order valence-corrected chi connectivity index (χ4v) is 2.91. The van der Waals surface area contributed by atoms with Crippen LogP contribution in [-0.2, 0) is 6.42 Å². The lowest BCUT2D eigenvalue weighted by molar-refractivity contribution is -0.255. The van der Waals surface area contributed by atoms with Crippen LogP contribution in [0.4, 0.5) is 0 Å². The van der Waals surface area contributed by atoms with Gasteiger partial charge < -0.3 is 9.90 Å². The largest absolute Gasteiger partial charge is 0.545 e. The molecule has 1 unspecified atom stereocenters. The van der Waals surface area contributed by atoms with E-state index in [2.05, 4.69) is 13.8 Å². The summed E-state index contributed by atoms with van der Waals surface area (Å²) >= 11 is 0. The van der Waals surface area contributed by atoms with Crippen molar-refractivity contribution in [1.82, 2.24) is 0 Å². The molecule has 0 aliphatic rings. The first kappa shape index (κ1) is 17.7. The minimum absolute atomic E-state index is 0.368. The van der Waals surface area contributed by atoms with Crippen LogP contribution in [0.3, 0.4) is 0 Å². The van der Waals surface area contributed by atoms with Gasteiger partial charge in [-0.15, -0.1) is 0 Å². The van der Waals surface area contributed by atoms with E-state index in [1.54, 1.807) is 12.1 Å². The van der Waals surface area contributed by atoms with Gasteiger partial charge in [-0.25, -0.2) is 0 Å². The highest BCUT2D eigenvalue weighted by atomic mass is 16.4. The Morgan fingerprint density at radius 3 is 2.33 bits per heavy atom. The zero-order chi connectivity index (χ0) is 15.5. The number of benzene rings is 1. The number of carboxylic acid groups (broad SMARTS) is 1. The Labute approximate surface area is 129 Å². The molecule has 0 radical (unpaired) electrons. The molecule has 2 nitrogen and oxygen atoms in total. The van der Waals surface area contributed by atoms with Crippen molar-refractivity contribution in [2.24, 2.45) is 5.92 Å². The Balaban J connectivity index is 2.64. The second-order valence-electron chi connectivity index (χ2n) is 6.01. The Kier molecular flexibility index (Phi) is 8.80. The molecule has 0 saturated heterocycles. The van der Waals surface area contributed by atoms with E-state index in [1.807, 2.05) is 12.1 Å². The van der Waals surface area contributed by atoms with Crippen molar-refractivity contribution in [2.75, 3.05) is 0 Å². The fourth-order valence-electron chi connectivity index (χ4n) is 2.91. The van der Waals surface area contributed by atoms with Gasteiger partial charge >= 0.3 is 0 Å². The summed E-state index contributed by atoms with van der Waals surface area (Å²) in [6.45, 7) is 4.44.